The summed E-state index contributed by atoms with van der Waals surface area (Å²) in [4.78, 5) is 0.231. The van der Waals surface area contributed by atoms with Crippen molar-refractivity contribution in [3.05, 3.63) is 65.3 Å². The van der Waals surface area contributed by atoms with Crippen molar-refractivity contribution in [2.45, 2.75) is 161 Å². The number of rotatable bonds is 10. The lowest BCUT2D eigenvalue weighted by atomic mass is 9.61. The Kier molecular flexibility index (Phi) is 12.3. The van der Waals surface area contributed by atoms with E-state index in [4.69, 9.17) is 19.6 Å². The highest BCUT2D eigenvalue weighted by Crippen LogP contribution is 2.59. The molecule has 1 aromatic carbocycles. The highest BCUT2D eigenvalue weighted by molar-refractivity contribution is 7.86. The lowest BCUT2D eigenvalue weighted by Crippen LogP contribution is -2.53. The first kappa shape index (κ1) is 41.5. The van der Waals surface area contributed by atoms with E-state index in [1.54, 1.807) is 12.1 Å². The molecule has 3 aliphatic carbocycles. The van der Waals surface area contributed by atoms with Gasteiger partial charge in [-0.15, -0.1) is 0 Å². The Morgan fingerprint density at radius 1 is 0.960 bits per heavy atom. The van der Waals surface area contributed by atoms with Crippen molar-refractivity contribution in [1.82, 2.24) is 0 Å². The van der Waals surface area contributed by atoms with Crippen LogP contribution in [0, 0.1) is 36.0 Å². The summed E-state index contributed by atoms with van der Waals surface area (Å²) in [6, 6.07) is 6.92. The van der Waals surface area contributed by atoms with Crippen LogP contribution in [0.1, 0.15) is 106 Å². The molecule has 0 radical (unpaired) electrons. The molecule has 8 heteroatoms. The first-order valence-electron chi connectivity index (χ1n) is 19.2. The minimum absolute atomic E-state index is 0.0615. The summed E-state index contributed by atoms with van der Waals surface area (Å²) in [6.45, 7) is 37.1. The van der Waals surface area contributed by atoms with Crippen LogP contribution in [-0.4, -0.2) is 43.9 Å². The van der Waals surface area contributed by atoms with Gasteiger partial charge in [0.15, 0.2) is 16.6 Å². The van der Waals surface area contributed by atoms with Gasteiger partial charge in [-0.05, 0) is 128 Å². The molecule has 0 aromatic heterocycles. The molecular formula is C42H70O5SSi2. The molecule has 3 aliphatic rings. The van der Waals surface area contributed by atoms with Gasteiger partial charge in [0, 0.05) is 5.92 Å². The highest BCUT2D eigenvalue weighted by Gasteiger charge is 2.51. The quantitative estimate of drug-likeness (QED) is 0.176. The predicted octanol–water partition coefficient (Wildman–Crippen LogP) is 11.8. The number of hydrogen-bond donors (Lipinski definition) is 0. The Morgan fingerprint density at radius 2 is 1.54 bits per heavy atom. The molecule has 282 valence electrons. The largest absolute Gasteiger partial charge is 0.413 e. The van der Waals surface area contributed by atoms with Gasteiger partial charge in [-0.1, -0.05) is 104 Å². The monoisotopic (exact) mass is 742 g/mol. The summed E-state index contributed by atoms with van der Waals surface area (Å²) in [5.74, 6) is 1.27. The third-order valence-electron chi connectivity index (χ3n) is 13.7. The smallest absolute Gasteiger partial charge is 0.296 e. The van der Waals surface area contributed by atoms with E-state index >= 15 is 0 Å². The maximum absolute atomic E-state index is 13.0. The maximum atomic E-state index is 13.0. The van der Waals surface area contributed by atoms with Crippen LogP contribution >= 0.6 is 0 Å². The molecule has 3 fully saturated rings. The number of aryl methyl sites for hydroxylation is 1. The average molecular weight is 743 g/mol. The van der Waals surface area contributed by atoms with Gasteiger partial charge < -0.3 is 8.85 Å². The predicted molar refractivity (Wildman–Crippen MR) is 215 cm³/mol. The van der Waals surface area contributed by atoms with E-state index in [-0.39, 0.29) is 51.0 Å². The van der Waals surface area contributed by atoms with E-state index in [0.717, 1.165) is 43.2 Å². The Bertz CT molecular complexity index is 1540. The van der Waals surface area contributed by atoms with Crippen LogP contribution in [0.25, 0.3) is 0 Å². The van der Waals surface area contributed by atoms with Gasteiger partial charge in [-0.2, -0.15) is 8.42 Å². The third kappa shape index (κ3) is 8.73. The first-order chi connectivity index (χ1) is 22.8. The average Bonchev–Trinajstić information content (AvgIpc) is 3.35. The zero-order valence-corrected chi connectivity index (χ0v) is 36.9. The van der Waals surface area contributed by atoms with E-state index in [9.17, 15) is 8.42 Å². The molecule has 7 atom stereocenters. The summed E-state index contributed by atoms with van der Waals surface area (Å²) >= 11 is 0. The van der Waals surface area contributed by atoms with Gasteiger partial charge in [0.25, 0.3) is 10.1 Å². The van der Waals surface area contributed by atoms with Crippen molar-refractivity contribution in [2.24, 2.45) is 29.1 Å². The fraction of sp³-hybridized carbons (Fsp3) is 0.714. The molecule has 0 bridgehead atoms. The van der Waals surface area contributed by atoms with Crippen LogP contribution in [0.2, 0.25) is 36.3 Å². The second kappa shape index (κ2) is 14.9. The summed E-state index contributed by atoms with van der Waals surface area (Å²) in [5, 5.41) is 0.228. The van der Waals surface area contributed by atoms with Crippen LogP contribution in [-0.2, 0) is 23.2 Å². The van der Waals surface area contributed by atoms with Gasteiger partial charge in [-0.25, -0.2) is 0 Å². The van der Waals surface area contributed by atoms with E-state index < -0.39 is 26.8 Å². The van der Waals surface area contributed by atoms with Crippen molar-refractivity contribution in [3.63, 3.8) is 0 Å². The molecule has 0 aliphatic heterocycles. The van der Waals surface area contributed by atoms with Crippen molar-refractivity contribution in [2.75, 3.05) is 6.61 Å². The molecule has 0 amide bonds. The molecule has 4 rings (SSSR count). The summed E-state index contributed by atoms with van der Waals surface area (Å²) in [5.41, 5.74) is 5.08. The van der Waals surface area contributed by atoms with Gasteiger partial charge >= 0.3 is 0 Å². The molecule has 0 spiro atoms. The van der Waals surface area contributed by atoms with Crippen LogP contribution in [0.5, 0.6) is 0 Å². The Hall–Kier alpha value is -1.30. The zero-order valence-electron chi connectivity index (χ0n) is 34.0. The molecule has 0 unspecified atom stereocenters. The molecule has 50 heavy (non-hydrogen) atoms. The fourth-order valence-electron chi connectivity index (χ4n) is 8.29. The second-order valence-electron chi connectivity index (χ2n) is 19.4. The minimum Gasteiger partial charge on any atom is -0.413 e. The number of benzene rings is 1. The van der Waals surface area contributed by atoms with Gasteiger partial charge in [0.2, 0.25) is 0 Å². The Morgan fingerprint density at radius 3 is 2.12 bits per heavy atom. The van der Waals surface area contributed by atoms with Crippen LogP contribution < -0.4 is 0 Å². The minimum atomic E-state index is -3.78. The fourth-order valence-corrected chi connectivity index (χ4v) is 12.0. The van der Waals surface area contributed by atoms with E-state index in [1.807, 2.05) is 19.1 Å². The maximum Gasteiger partial charge on any atom is 0.296 e. The summed E-state index contributed by atoms with van der Waals surface area (Å²) in [6.07, 6.45) is 11.3. The third-order valence-corrected chi connectivity index (χ3v) is 24.0. The number of allylic oxidation sites excluding steroid dienone is 3. The molecule has 3 saturated carbocycles. The van der Waals surface area contributed by atoms with Crippen molar-refractivity contribution < 1.29 is 21.5 Å². The molecule has 5 nitrogen and oxygen atoms in total. The highest BCUT2D eigenvalue weighted by atomic mass is 32.2. The topological polar surface area (TPSA) is 61.8 Å². The van der Waals surface area contributed by atoms with Crippen LogP contribution in [0.3, 0.4) is 0 Å². The van der Waals surface area contributed by atoms with Crippen LogP contribution in [0.15, 0.2) is 64.6 Å². The SMILES string of the molecule is C=C1/C(=C\C=C2/CCC[C@]3(C)[C@@H]([C@H](C)COS(=O)(=O)c4ccc(C)cc4)CC[C@@H]23)C[C@@H](O[Si](C)(C)C(C)(C)C)[C@H](C)[C@@H]1O[Si](C)(C)C(C)(C)C. The molecular weight excluding hydrogens is 673 g/mol. The van der Waals surface area contributed by atoms with Crippen LogP contribution in [0.4, 0.5) is 0 Å². The van der Waals surface area contributed by atoms with E-state index in [2.05, 4.69) is 101 Å². The van der Waals surface area contributed by atoms with Crippen molar-refractivity contribution in [3.8, 4) is 0 Å². The van der Waals surface area contributed by atoms with Gasteiger partial charge in [-0.3, -0.25) is 4.18 Å². The summed E-state index contributed by atoms with van der Waals surface area (Å²) < 4.78 is 46.0. The van der Waals surface area contributed by atoms with Gasteiger partial charge in [0.1, 0.15) is 0 Å². The van der Waals surface area contributed by atoms with Gasteiger partial charge in [0.05, 0.1) is 23.7 Å². The first-order valence-corrected chi connectivity index (χ1v) is 26.4. The molecule has 0 saturated heterocycles. The van der Waals surface area contributed by atoms with Crippen molar-refractivity contribution in [1.29, 1.82) is 0 Å². The second-order valence-corrected chi connectivity index (χ2v) is 30.5. The molecule has 0 heterocycles. The number of fused-ring (bicyclic) bond motifs is 1. The lowest BCUT2D eigenvalue weighted by Gasteiger charge is -2.48. The standard InChI is InChI=1S/C42H70O5SSi2/c1-29-18-22-35(23-19-29)48(43,44)45-28-30(2)36-24-25-37-33(17-16-26-42(36,37)11)20-21-34-27-38(46-49(12,13)40(5,6)7)32(4)39(31(34)3)47-50(14,15)41(8,9)10/h18-23,30,32,36-39H,3,16-17,24-28H2,1-2,4-15H3/b33-20+,34-21-/t30-,32+,36-,37+,38-,39-,42-/m1/s1. The normalized spacial score (nSPS) is 30.9. The zero-order chi connectivity index (χ0) is 37.7. The molecule has 0 N–H and O–H groups in total. The van der Waals surface area contributed by atoms with E-state index in [0.29, 0.717) is 11.8 Å². The molecule has 1 aromatic rings. The lowest BCUT2D eigenvalue weighted by molar-refractivity contribution is 0.0406. The Balaban J connectivity index is 1.58. The van der Waals surface area contributed by atoms with Crippen molar-refractivity contribution >= 4 is 26.8 Å². The Labute approximate surface area is 309 Å². The number of hydrogen-bond acceptors (Lipinski definition) is 5. The van der Waals surface area contributed by atoms with E-state index in [1.165, 1.54) is 17.6 Å². The summed E-state index contributed by atoms with van der Waals surface area (Å²) in [7, 11) is -7.87.